The van der Waals surface area contributed by atoms with E-state index in [0.717, 1.165) is 37.8 Å². The molecule has 1 saturated heterocycles. The molecular formula is C29H49F3N4O. The van der Waals surface area contributed by atoms with Crippen molar-refractivity contribution in [2.24, 2.45) is 5.92 Å². The predicted octanol–water partition coefficient (Wildman–Crippen LogP) is 7.06. The smallest absolute Gasteiger partial charge is 0.353 e. The van der Waals surface area contributed by atoms with Gasteiger partial charge >= 0.3 is 6.18 Å². The Morgan fingerprint density at radius 1 is 0.946 bits per heavy atom. The molecule has 1 N–H and O–H groups in total. The molecule has 3 fully saturated rings. The van der Waals surface area contributed by atoms with E-state index in [1.807, 2.05) is 23.6 Å². The quantitative estimate of drug-likeness (QED) is 0.427. The largest absolute Gasteiger partial charge is 0.416 e. The minimum absolute atomic E-state index is 0.0604. The van der Waals surface area contributed by atoms with Crippen molar-refractivity contribution in [1.29, 1.82) is 0 Å². The molecular weight excluding hydrogens is 477 g/mol. The molecule has 0 radical (unpaired) electrons. The Bertz CT molecular complexity index is 773. The monoisotopic (exact) mass is 526 g/mol. The topological polar surface area (TPSA) is 48.5 Å². The molecule has 1 aromatic heterocycles. The average Bonchev–Trinajstić information content (AvgIpc) is 3.18. The number of nitrogens with zero attached hydrogens (tertiary/aromatic N) is 3. The maximum Gasteiger partial charge on any atom is 0.416 e. The lowest BCUT2D eigenvalue weighted by Gasteiger charge is -2.39. The number of nitrogens with one attached hydrogen (secondary N) is 1. The van der Waals surface area contributed by atoms with Gasteiger partial charge in [0.25, 0.3) is 0 Å². The Balaban J connectivity index is 0.000000898. The second-order valence-electron chi connectivity index (χ2n) is 10.3. The van der Waals surface area contributed by atoms with Crippen molar-refractivity contribution in [1.82, 2.24) is 15.2 Å². The van der Waals surface area contributed by atoms with Gasteiger partial charge in [0.2, 0.25) is 5.91 Å². The number of hydrogen-bond donors (Lipinski definition) is 1. The van der Waals surface area contributed by atoms with Crippen LogP contribution < -0.4 is 10.2 Å². The third kappa shape index (κ3) is 10.1. The summed E-state index contributed by atoms with van der Waals surface area (Å²) in [5.41, 5.74) is -0.685. The summed E-state index contributed by atoms with van der Waals surface area (Å²) < 4.78 is 39.0. The lowest BCUT2D eigenvalue weighted by atomic mass is 9.84. The zero-order valence-corrected chi connectivity index (χ0v) is 23.5. The van der Waals surface area contributed by atoms with Gasteiger partial charge in [0.1, 0.15) is 5.82 Å². The van der Waals surface area contributed by atoms with Gasteiger partial charge in [-0.3, -0.25) is 4.79 Å². The van der Waals surface area contributed by atoms with Crippen molar-refractivity contribution in [2.75, 3.05) is 31.1 Å². The zero-order chi connectivity index (χ0) is 27.3. The van der Waals surface area contributed by atoms with Crippen molar-refractivity contribution in [3.8, 4) is 0 Å². The highest BCUT2D eigenvalue weighted by Crippen LogP contribution is 2.32. The van der Waals surface area contributed by atoms with Crippen LogP contribution in [0.25, 0.3) is 0 Å². The normalized spacial score (nSPS) is 23.2. The average molecular weight is 527 g/mol. The Kier molecular flexibility index (Phi) is 13.7. The molecule has 37 heavy (non-hydrogen) atoms. The summed E-state index contributed by atoms with van der Waals surface area (Å²) >= 11 is 0. The van der Waals surface area contributed by atoms with Crippen LogP contribution >= 0.6 is 0 Å². The summed E-state index contributed by atoms with van der Waals surface area (Å²) in [6, 6.07) is 3.12. The number of carbonyl (C=O) groups excluding carboxylic acids is 1. The summed E-state index contributed by atoms with van der Waals surface area (Å²) in [7, 11) is 0. The Morgan fingerprint density at radius 3 is 2.14 bits per heavy atom. The number of hydrogen-bond acceptors (Lipinski definition) is 4. The SMILES string of the molecule is CC.CCC.O=C(C1CCCC(NC2CCCCCC2)C1)N1CCN(c2cc(C(F)(F)F)ccn2)CC1. The van der Waals surface area contributed by atoms with Gasteiger partial charge in [-0.15, -0.1) is 0 Å². The summed E-state index contributed by atoms with van der Waals surface area (Å²) in [5, 5.41) is 3.85. The molecule has 1 amide bonds. The van der Waals surface area contributed by atoms with Crippen molar-refractivity contribution in [2.45, 2.75) is 117 Å². The van der Waals surface area contributed by atoms with Gasteiger partial charge in [0.05, 0.1) is 5.56 Å². The Hall–Kier alpha value is -1.83. The first kappa shape index (κ1) is 31.4. The van der Waals surface area contributed by atoms with Crippen LogP contribution in [0.3, 0.4) is 0 Å². The molecule has 1 aromatic rings. The van der Waals surface area contributed by atoms with E-state index in [4.69, 9.17) is 0 Å². The Labute approximate surface area is 222 Å². The van der Waals surface area contributed by atoms with E-state index >= 15 is 0 Å². The highest BCUT2D eigenvalue weighted by Gasteiger charge is 2.34. The van der Waals surface area contributed by atoms with E-state index < -0.39 is 11.7 Å². The second kappa shape index (κ2) is 16.2. The van der Waals surface area contributed by atoms with Gasteiger partial charge in [-0.05, 0) is 44.2 Å². The van der Waals surface area contributed by atoms with Crippen LogP contribution in [0.15, 0.2) is 18.3 Å². The van der Waals surface area contributed by atoms with Gasteiger partial charge in [-0.1, -0.05) is 66.2 Å². The van der Waals surface area contributed by atoms with Crippen molar-refractivity contribution in [3.05, 3.63) is 23.9 Å². The lowest BCUT2D eigenvalue weighted by Crippen LogP contribution is -2.52. The minimum atomic E-state index is -4.38. The molecule has 1 aliphatic heterocycles. The van der Waals surface area contributed by atoms with E-state index in [-0.39, 0.29) is 11.8 Å². The van der Waals surface area contributed by atoms with E-state index in [1.165, 1.54) is 51.1 Å². The molecule has 2 heterocycles. The van der Waals surface area contributed by atoms with E-state index in [2.05, 4.69) is 24.1 Å². The van der Waals surface area contributed by atoms with Crippen LogP contribution in [0.1, 0.15) is 104 Å². The number of alkyl halides is 3. The zero-order valence-electron chi connectivity index (χ0n) is 23.5. The molecule has 0 spiro atoms. The first-order valence-corrected chi connectivity index (χ1v) is 14.6. The summed E-state index contributed by atoms with van der Waals surface area (Å²) in [6.45, 7) is 10.3. The second-order valence-corrected chi connectivity index (χ2v) is 10.3. The van der Waals surface area contributed by atoms with Crippen molar-refractivity contribution in [3.63, 3.8) is 0 Å². The van der Waals surface area contributed by atoms with Crippen LogP contribution in [0.5, 0.6) is 0 Å². The van der Waals surface area contributed by atoms with Gasteiger partial charge in [0.15, 0.2) is 0 Å². The molecule has 212 valence electrons. The number of amides is 1. The molecule has 2 saturated carbocycles. The summed E-state index contributed by atoms with van der Waals surface area (Å²) in [4.78, 5) is 21.1. The first-order chi connectivity index (χ1) is 17.8. The molecule has 0 bridgehead atoms. The number of carbonyl (C=O) groups is 1. The molecule has 8 heteroatoms. The summed E-state index contributed by atoms with van der Waals surface area (Å²) in [6.07, 6.45) is 9.94. The third-order valence-corrected chi connectivity index (χ3v) is 7.34. The fraction of sp³-hybridized carbons (Fsp3) is 0.793. The molecule has 0 aromatic carbocycles. The van der Waals surface area contributed by atoms with Gasteiger partial charge in [0, 0.05) is 50.4 Å². The number of halogens is 3. The first-order valence-electron chi connectivity index (χ1n) is 14.6. The predicted molar refractivity (Wildman–Crippen MR) is 146 cm³/mol. The molecule has 4 rings (SSSR count). The molecule has 5 nitrogen and oxygen atoms in total. The van der Waals surface area contributed by atoms with E-state index in [1.54, 1.807) is 0 Å². The number of rotatable bonds is 4. The van der Waals surface area contributed by atoms with Crippen LogP contribution in [-0.4, -0.2) is 54.1 Å². The molecule has 2 unspecified atom stereocenters. The molecule has 3 aliphatic rings. The van der Waals surface area contributed by atoms with Crippen molar-refractivity contribution >= 4 is 11.7 Å². The standard InChI is InChI=1S/C24H35F3N4O.C3H8.C2H6/c25-24(26,27)19-10-11-28-22(17-19)30-12-14-31(15-13-30)23(32)18-6-5-9-21(16-18)29-20-7-3-1-2-4-8-20;1-3-2;1-2/h10-11,17-18,20-21,29H,1-9,12-16H2;3H2,1-2H3;1-2H3. The van der Waals surface area contributed by atoms with Crippen LogP contribution in [-0.2, 0) is 11.0 Å². The van der Waals surface area contributed by atoms with Crippen LogP contribution in [0.4, 0.5) is 19.0 Å². The van der Waals surface area contributed by atoms with Crippen LogP contribution in [0.2, 0.25) is 0 Å². The van der Waals surface area contributed by atoms with Gasteiger partial charge in [-0.25, -0.2) is 4.98 Å². The van der Waals surface area contributed by atoms with E-state index in [9.17, 15) is 18.0 Å². The number of piperazine rings is 1. The van der Waals surface area contributed by atoms with Gasteiger partial charge in [-0.2, -0.15) is 13.2 Å². The highest BCUT2D eigenvalue weighted by molar-refractivity contribution is 5.79. The maximum absolute atomic E-state index is 13.2. The van der Waals surface area contributed by atoms with Crippen LogP contribution in [0, 0.1) is 5.92 Å². The summed E-state index contributed by atoms with van der Waals surface area (Å²) in [5.74, 6) is 0.608. The van der Waals surface area contributed by atoms with Crippen molar-refractivity contribution < 1.29 is 18.0 Å². The third-order valence-electron chi connectivity index (χ3n) is 7.34. The van der Waals surface area contributed by atoms with E-state index in [0.29, 0.717) is 44.1 Å². The fourth-order valence-corrected chi connectivity index (χ4v) is 5.53. The molecule has 2 atom stereocenters. The highest BCUT2D eigenvalue weighted by atomic mass is 19.4. The minimum Gasteiger partial charge on any atom is -0.353 e. The Morgan fingerprint density at radius 2 is 1.54 bits per heavy atom. The van der Waals surface area contributed by atoms with Gasteiger partial charge < -0.3 is 15.1 Å². The number of aromatic nitrogens is 1. The maximum atomic E-state index is 13.2. The molecule has 2 aliphatic carbocycles. The number of pyridine rings is 1. The number of anilines is 1. The lowest BCUT2D eigenvalue weighted by molar-refractivity contribution is -0.138. The fourth-order valence-electron chi connectivity index (χ4n) is 5.53.